The number of nitrogens with zero attached hydrogens (tertiary/aromatic N) is 1. The number of likely N-dealkylation sites (tertiary alicyclic amines) is 1. The van der Waals surface area contributed by atoms with Gasteiger partial charge in [-0.15, -0.1) is 0 Å². The fraction of sp³-hybridized carbons (Fsp3) is 0.667. The van der Waals surface area contributed by atoms with Crippen molar-refractivity contribution in [3.63, 3.8) is 0 Å². The number of hydrogen-bond donors (Lipinski definition) is 1. The molecule has 0 bridgehead atoms. The van der Waals surface area contributed by atoms with Crippen LogP contribution in [0, 0.1) is 20.8 Å². The Morgan fingerprint density at radius 1 is 1.20 bits per heavy atom. The number of nitrogens with one attached hydrogen (secondary N) is 1. The maximum atomic E-state index is 12.3. The van der Waals surface area contributed by atoms with Crippen LogP contribution in [0.3, 0.4) is 0 Å². The second-order valence-electron chi connectivity index (χ2n) is 8.30. The number of ether oxygens (including phenoxy) is 1. The first-order valence-corrected chi connectivity index (χ1v) is 9.44. The van der Waals surface area contributed by atoms with Crippen molar-refractivity contribution >= 4 is 6.09 Å². The van der Waals surface area contributed by atoms with E-state index in [0.29, 0.717) is 6.04 Å². The second kappa shape index (κ2) is 8.22. The molecule has 1 aromatic rings. The van der Waals surface area contributed by atoms with Crippen LogP contribution in [-0.4, -0.2) is 35.7 Å². The normalized spacial score (nSPS) is 17.8. The molecular formula is C21H34N2O2. The molecule has 1 aliphatic heterocycles. The Bertz CT molecular complexity index is 605. The average molecular weight is 347 g/mol. The molecule has 0 aliphatic carbocycles. The molecule has 0 radical (unpaired) electrons. The summed E-state index contributed by atoms with van der Waals surface area (Å²) in [6, 6.07) is 4.83. The minimum atomic E-state index is -0.427. The molecule has 1 saturated heterocycles. The topological polar surface area (TPSA) is 41.6 Å². The van der Waals surface area contributed by atoms with Gasteiger partial charge in [0.15, 0.2) is 0 Å². The van der Waals surface area contributed by atoms with E-state index in [1.807, 2.05) is 25.7 Å². The number of aryl methyl sites for hydroxylation is 3. The molecule has 1 aliphatic rings. The van der Waals surface area contributed by atoms with Gasteiger partial charge < -0.3 is 15.0 Å². The zero-order chi connectivity index (χ0) is 18.6. The molecule has 1 atom stereocenters. The van der Waals surface area contributed by atoms with Gasteiger partial charge in [-0.05, 0) is 89.6 Å². The van der Waals surface area contributed by atoms with Gasteiger partial charge in [0.25, 0.3) is 0 Å². The van der Waals surface area contributed by atoms with E-state index in [1.54, 1.807) is 0 Å². The van der Waals surface area contributed by atoms with Crippen molar-refractivity contribution in [2.24, 2.45) is 0 Å². The van der Waals surface area contributed by atoms with E-state index in [2.05, 4.69) is 38.2 Å². The quantitative estimate of drug-likeness (QED) is 0.799. The minimum Gasteiger partial charge on any atom is -0.444 e. The van der Waals surface area contributed by atoms with Gasteiger partial charge in [0.1, 0.15) is 5.60 Å². The molecule has 4 heteroatoms. The van der Waals surface area contributed by atoms with Crippen LogP contribution in [-0.2, 0) is 11.3 Å². The van der Waals surface area contributed by atoms with Crippen molar-refractivity contribution in [1.82, 2.24) is 10.2 Å². The van der Waals surface area contributed by atoms with Gasteiger partial charge in [-0.25, -0.2) is 4.79 Å². The second-order valence-corrected chi connectivity index (χ2v) is 8.30. The van der Waals surface area contributed by atoms with Gasteiger partial charge >= 0.3 is 6.09 Å². The summed E-state index contributed by atoms with van der Waals surface area (Å²) in [7, 11) is 0. The molecule has 2 rings (SSSR count). The zero-order valence-electron chi connectivity index (χ0n) is 16.7. The van der Waals surface area contributed by atoms with Gasteiger partial charge in [0.2, 0.25) is 0 Å². The van der Waals surface area contributed by atoms with E-state index in [9.17, 15) is 4.79 Å². The molecule has 25 heavy (non-hydrogen) atoms. The maximum Gasteiger partial charge on any atom is 0.410 e. The van der Waals surface area contributed by atoms with Crippen molar-refractivity contribution in [2.45, 2.75) is 79.0 Å². The van der Waals surface area contributed by atoms with Crippen LogP contribution in [0.25, 0.3) is 0 Å². The van der Waals surface area contributed by atoms with Crippen LogP contribution in [0.1, 0.15) is 62.3 Å². The standard InChI is InChI=1S/C21H34N2O2/c1-15-12-17(3)18(13-16(15)2)14-22-10-9-19-8-7-11-23(19)20(24)25-21(4,5)6/h12-13,19,22H,7-11,14H2,1-6H3. The molecule has 0 spiro atoms. The predicted octanol–water partition coefficient (Wildman–Crippen LogP) is 4.49. The molecule has 1 heterocycles. The highest BCUT2D eigenvalue weighted by atomic mass is 16.6. The highest BCUT2D eigenvalue weighted by Gasteiger charge is 2.31. The van der Waals surface area contributed by atoms with Gasteiger partial charge in [-0.1, -0.05) is 12.1 Å². The minimum absolute atomic E-state index is 0.167. The Morgan fingerprint density at radius 2 is 1.88 bits per heavy atom. The van der Waals surface area contributed by atoms with Gasteiger partial charge in [-0.2, -0.15) is 0 Å². The van der Waals surface area contributed by atoms with Gasteiger partial charge in [0, 0.05) is 19.1 Å². The average Bonchev–Trinajstić information content (AvgIpc) is 2.95. The molecule has 1 aromatic carbocycles. The van der Waals surface area contributed by atoms with E-state index >= 15 is 0 Å². The van der Waals surface area contributed by atoms with Crippen molar-refractivity contribution < 1.29 is 9.53 Å². The first-order valence-electron chi connectivity index (χ1n) is 9.44. The van der Waals surface area contributed by atoms with Crippen LogP contribution in [0.2, 0.25) is 0 Å². The van der Waals surface area contributed by atoms with Crippen molar-refractivity contribution in [2.75, 3.05) is 13.1 Å². The Balaban J connectivity index is 1.81. The lowest BCUT2D eigenvalue weighted by atomic mass is 10.0. The largest absolute Gasteiger partial charge is 0.444 e. The van der Waals surface area contributed by atoms with E-state index in [0.717, 1.165) is 38.9 Å². The summed E-state index contributed by atoms with van der Waals surface area (Å²) in [5, 5.41) is 3.55. The van der Waals surface area contributed by atoms with Crippen molar-refractivity contribution in [1.29, 1.82) is 0 Å². The monoisotopic (exact) mass is 346 g/mol. The third-order valence-corrected chi connectivity index (χ3v) is 4.93. The number of carbonyl (C=O) groups is 1. The van der Waals surface area contributed by atoms with E-state index in [-0.39, 0.29) is 6.09 Å². The Labute approximate surface area is 152 Å². The molecule has 1 unspecified atom stereocenters. The van der Waals surface area contributed by atoms with Crippen LogP contribution >= 0.6 is 0 Å². The number of carbonyl (C=O) groups excluding carboxylic acids is 1. The van der Waals surface area contributed by atoms with Crippen molar-refractivity contribution in [3.05, 3.63) is 34.4 Å². The molecule has 0 aromatic heterocycles. The van der Waals surface area contributed by atoms with Gasteiger partial charge in [0.05, 0.1) is 0 Å². The molecule has 1 amide bonds. The first kappa shape index (κ1) is 19.8. The Morgan fingerprint density at radius 3 is 2.56 bits per heavy atom. The van der Waals surface area contributed by atoms with Crippen LogP contribution in [0.5, 0.6) is 0 Å². The van der Waals surface area contributed by atoms with Crippen LogP contribution in [0.4, 0.5) is 4.79 Å². The predicted molar refractivity (Wildman–Crippen MR) is 103 cm³/mol. The first-order chi connectivity index (χ1) is 11.7. The number of benzene rings is 1. The van der Waals surface area contributed by atoms with E-state index < -0.39 is 5.60 Å². The van der Waals surface area contributed by atoms with Gasteiger partial charge in [-0.3, -0.25) is 0 Å². The summed E-state index contributed by atoms with van der Waals surface area (Å²) < 4.78 is 5.53. The Kier molecular flexibility index (Phi) is 6.50. The smallest absolute Gasteiger partial charge is 0.410 e. The SMILES string of the molecule is Cc1cc(C)c(CNCCC2CCCN2C(=O)OC(C)(C)C)cc1C. The van der Waals surface area contributed by atoms with E-state index in [1.165, 1.54) is 22.3 Å². The maximum absolute atomic E-state index is 12.3. The summed E-state index contributed by atoms with van der Waals surface area (Å²) in [5.41, 5.74) is 4.96. The summed E-state index contributed by atoms with van der Waals surface area (Å²) in [6.07, 6.45) is 2.95. The van der Waals surface area contributed by atoms with Crippen LogP contribution in [0.15, 0.2) is 12.1 Å². The summed E-state index contributed by atoms with van der Waals surface area (Å²) >= 11 is 0. The molecule has 1 N–H and O–H groups in total. The lowest BCUT2D eigenvalue weighted by molar-refractivity contribution is 0.0220. The third-order valence-electron chi connectivity index (χ3n) is 4.93. The molecular weight excluding hydrogens is 312 g/mol. The number of rotatable bonds is 5. The highest BCUT2D eigenvalue weighted by molar-refractivity contribution is 5.68. The fourth-order valence-electron chi connectivity index (χ4n) is 3.40. The lowest BCUT2D eigenvalue weighted by Gasteiger charge is -2.28. The Hall–Kier alpha value is -1.55. The molecule has 1 fully saturated rings. The summed E-state index contributed by atoms with van der Waals surface area (Å²) in [4.78, 5) is 14.2. The van der Waals surface area contributed by atoms with E-state index in [4.69, 9.17) is 4.74 Å². The number of hydrogen-bond acceptors (Lipinski definition) is 3. The summed E-state index contributed by atoms with van der Waals surface area (Å²) in [5.74, 6) is 0. The summed E-state index contributed by atoms with van der Waals surface area (Å²) in [6.45, 7) is 14.9. The van der Waals surface area contributed by atoms with Crippen LogP contribution < -0.4 is 5.32 Å². The fourth-order valence-corrected chi connectivity index (χ4v) is 3.40. The molecule has 0 saturated carbocycles. The molecule has 140 valence electrons. The van der Waals surface area contributed by atoms with Crippen molar-refractivity contribution in [3.8, 4) is 0 Å². The number of amides is 1. The highest BCUT2D eigenvalue weighted by Crippen LogP contribution is 2.23. The zero-order valence-corrected chi connectivity index (χ0v) is 16.7. The lowest BCUT2D eigenvalue weighted by Crippen LogP contribution is -2.40. The molecule has 4 nitrogen and oxygen atoms in total. The third kappa shape index (κ3) is 5.74.